The molecule has 3 rings (SSSR count). The normalized spacial score (nSPS) is 10.6. The maximum atomic E-state index is 12.2. The Bertz CT molecular complexity index is 1020. The van der Waals surface area contributed by atoms with Gasteiger partial charge >= 0.3 is 0 Å². The molecule has 0 aliphatic heterocycles. The third kappa shape index (κ3) is 5.75. The molecule has 0 aliphatic carbocycles. The SMILES string of the molecule is COc1ccc(C(=O)N/N=C/c2ccc(OCc3ccc(Cl)cc3)cc2)cc1OC. The zero-order chi connectivity index (χ0) is 21.3. The monoisotopic (exact) mass is 424 g/mol. The van der Waals surface area contributed by atoms with Crippen molar-refractivity contribution in [2.24, 2.45) is 5.10 Å². The summed E-state index contributed by atoms with van der Waals surface area (Å²) in [5, 5.41) is 4.69. The van der Waals surface area contributed by atoms with Crippen LogP contribution in [0.5, 0.6) is 17.2 Å². The van der Waals surface area contributed by atoms with Gasteiger partial charge in [-0.2, -0.15) is 5.10 Å². The predicted molar refractivity (Wildman–Crippen MR) is 117 cm³/mol. The maximum absolute atomic E-state index is 12.2. The molecule has 3 aromatic carbocycles. The number of benzene rings is 3. The highest BCUT2D eigenvalue weighted by Crippen LogP contribution is 2.27. The minimum Gasteiger partial charge on any atom is -0.493 e. The Morgan fingerprint density at radius 3 is 2.33 bits per heavy atom. The molecule has 0 saturated carbocycles. The number of hydrogen-bond acceptors (Lipinski definition) is 5. The summed E-state index contributed by atoms with van der Waals surface area (Å²) >= 11 is 5.88. The van der Waals surface area contributed by atoms with E-state index in [-0.39, 0.29) is 5.91 Å². The first-order chi connectivity index (χ1) is 14.6. The molecular weight excluding hydrogens is 404 g/mol. The zero-order valence-corrected chi connectivity index (χ0v) is 17.3. The van der Waals surface area contributed by atoms with Crippen molar-refractivity contribution in [2.75, 3.05) is 14.2 Å². The third-order valence-electron chi connectivity index (χ3n) is 4.22. The minimum atomic E-state index is -0.352. The van der Waals surface area contributed by atoms with Crippen molar-refractivity contribution in [1.82, 2.24) is 5.43 Å². The number of ether oxygens (including phenoxy) is 3. The summed E-state index contributed by atoms with van der Waals surface area (Å²) in [6, 6.07) is 19.8. The first-order valence-electron chi connectivity index (χ1n) is 9.12. The number of carbonyl (C=O) groups excluding carboxylic acids is 1. The summed E-state index contributed by atoms with van der Waals surface area (Å²) in [5.74, 6) is 1.41. The Labute approximate surface area is 180 Å². The van der Waals surface area contributed by atoms with Crippen LogP contribution in [0.25, 0.3) is 0 Å². The molecule has 0 radical (unpaired) electrons. The number of hydrazone groups is 1. The van der Waals surface area contributed by atoms with Crippen molar-refractivity contribution in [1.29, 1.82) is 0 Å². The number of nitrogens with zero attached hydrogens (tertiary/aromatic N) is 1. The molecule has 154 valence electrons. The molecule has 0 heterocycles. The number of hydrogen-bond donors (Lipinski definition) is 1. The molecule has 0 fully saturated rings. The number of amides is 1. The Hall–Kier alpha value is -3.51. The molecule has 0 spiro atoms. The summed E-state index contributed by atoms with van der Waals surface area (Å²) in [5.41, 5.74) is 4.76. The van der Waals surface area contributed by atoms with Gasteiger partial charge in [-0.3, -0.25) is 4.79 Å². The van der Waals surface area contributed by atoms with E-state index in [1.165, 1.54) is 14.2 Å². The Kier molecular flexibility index (Phi) is 7.29. The molecule has 6 nitrogen and oxygen atoms in total. The first kappa shape index (κ1) is 21.2. The fraction of sp³-hybridized carbons (Fsp3) is 0.130. The van der Waals surface area contributed by atoms with Crippen LogP contribution in [-0.4, -0.2) is 26.3 Å². The molecule has 1 N–H and O–H groups in total. The summed E-state index contributed by atoms with van der Waals surface area (Å²) in [6.07, 6.45) is 1.56. The van der Waals surface area contributed by atoms with Crippen molar-refractivity contribution >= 4 is 23.7 Å². The van der Waals surface area contributed by atoms with Gasteiger partial charge in [-0.25, -0.2) is 5.43 Å². The van der Waals surface area contributed by atoms with Crippen LogP contribution in [0.4, 0.5) is 0 Å². The van der Waals surface area contributed by atoms with Crippen molar-refractivity contribution < 1.29 is 19.0 Å². The van der Waals surface area contributed by atoms with Crippen molar-refractivity contribution in [3.63, 3.8) is 0 Å². The summed E-state index contributed by atoms with van der Waals surface area (Å²) in [7, 11) is 3.05. The van der Waals surface area contributed by atoms with Crippen molar-refractivity contribution in [2.45, 2.75) is 6.61 Å². The summed E-state index contributed by atoms with van der Waals surface area (Å²) < 4.78 is 16.1. The third-order valence-corrected chi connectivity index (χ3v) is 4.48. The van der Waals surface area contributed by atoms with Gasteiger partial charge in [0.2, 0.25) is 0 Å². The first-order valence-corrected chi connectivity index (χ1v) is 9.49. The number of carbonyl (C=O) groups is 1. The number of methoxy groups -OCH3 is 2. The molecule has 1 amide bonds. The van der Waals surface area contributed by atoms with Crippen LogP contribution in [0.3, 0.4) is 0 Å². The van der Waals surface area contributed by atoms with Gasteiger partial charge in [0.1, 0.15) is 12.4 Å². The summed E-state index contributed by atoms with van der Waals surface area (Å²) in [6.45, 7) is 0.450. The van der Waals surface area contributed by atoms with E-state index in [1.807, 2.05) is 48.5 Å². The van der Waals surface area contributed by atoms with E-state index >= 15 is 0 Å². The van der Waals surface area contributed by atoms with E-state index in [0.717, 1.165) is 16.9 Å². The Morgan fingerprint density at radius 2 is 1.67 bits per heavy atom. The molecular formula is C23H21ClN2O4. The van der Waals surface area contributed by atoms with Gasteiger partial charge in [0, 0.05) is 10.6 Å². The highest BCUT2D eigenvalue weighted by molar-refractivity contribution is 6.30. The van der Waals surface area contributed by atoms with Crippen LogP contribution in [0.2, 0.25) is 5.02 Å². The molecule has 0 saturated heterocycles. The van der Waals surface area contributed by atoms with Gasteiger partial charge in [0.15, 0.2) is 11.5 Å². The second-order valence-electron chi connectivity index (χ2n) is 6.25. The molecule has 0 bridgehead atoms. The highest BCUT2D eigenvalue weighted by atomic mass is 35.5. The lowest BCUT2D eigenvalue weighted by Crippen LogP contribution is -2.17. The second kappa shape index (κ2) is 10.3. The van der Waals surface area contributed by atoms with Crippen LogP contribution in [-0.2, 0) is 6.61 Å². The number of rotatable bonds is 8. The lowest BCUT2D eigenvalue weighted by atomic mass is 10.2. The van der Waals surface area contributed by atoms with E-state index in [2.05, 4.69) is 10.5 Å². The summed E-state index contributed by atoms with van der Waals surface area (Å²) in [4.78, 5) is 12.2. The van der Waals surface area contributed by atoms with E-state index in [0.29, 0.717) is 28.7 Å². The lowest BCUT2D eigenvalue weighted by molar-refractivity contribution is 0.0954. The predicted octanol–water partition coefficient (Wildman–Crippen LogP) is 4.70. The average Bonchev–Trinajstić information content (AvgIpc) is 2.79. The fourth-order valence-corrected chi connectivity index (χ4v) is 2.73. The van der Waals surface area contributed by atoms with E-state index in [1.54, 1.807) is 24.4 Å². The average molecular weight is 425 g/mol. The second-order valence-corrected chi connectivity index (χ2v) is 6.69. The minimum absolute atomic E-state index is 0.352. The molecule has 0 unspecified atom stereocenters. The van der Waals surface area contributed by atoms with Crippen molar-refractivity contribution in [3.8, 4) is 17.2 Å². The van der Waals surface area contributed by atoms with Crippen LogP contribution in [0.1, 0.15) is 21.5 Å². The van der Waals surface area contributed by atoms with Gasteiger partial charge < -0.3 is 14.2 Å². The van der Waals surface area contributed by atoms with Gasteiger partial charge in [-0.1, -0.05) is 23.7 Å². The molecule has 30 heavy (non-hydrogen) atoms. The standard InChI is InChI=1S/C23H21ClN2O4/c1-28-21-12-7-18(13-22(21)29-2)23(27)26-25-14-16-5-10-20(11-6-16)30-15-17-3-8-19(24)9-4-17/h3-14H,15H2,1-2H3,(H,26,27)/b25-14+. The quantitative estimate of drug-likeness (QED) is 0.420. The van der Waals surface area contributed by atoms with Crippen molar-refractivity contribution in [3.05, 3.63) is 88.4 Å². The van der Waals surface area contributed by atoms with Crippen LogP contribution >= 0.6 is 11.6 Å². The topological polar surface area (TPSA) is 69.2 Å². The van der Waals surface area contributed by atoms with E-state index < -0.39 is 0 Å². The molecule has 7 heteroatoms. The molecule has 0 atom stereocenters. The molecule has 0 aromatic heterocycles. The van der Waals surface area contributed by atoms with Gasteiger partial charge in [-0.05, 0) is 65.7 Å². The van der Waals surface area contributed by atoms with Crippen LogP contribution < -0.4 is 19.6 Å². The van der Waals surface area contributed by atoms with E-state index in [4.69, 9.17) is 25.8 Å². The van der Waals surface area contributed by atoms with Gasteiger partial charge in [0.25, 0.3) is 5.91 Å². The highest BCUT2D eigenvalue weighted by Gasteiger charge is 2.09. The Morgan fingerprint density at radius 1 is 0.967 bits per heavy atom. The van der Waals surface area contributed by atoms with Crippen LogP contribution in [0, 0.1) is 0 Å². The fourth-order valence-electron chi connectivity index (χ4n) is 2.60. The Balaban J connectivity index is 1.53. The van der Waals surface area contributed by atoms with E-state index in [9.17, 15) is 4.79 Å². The van der Waals surface area contributed by atoms with Gasteiger partial charge in [-0.15, -0.1) is 0 Å². The smallest absolute Gasteiger partial charge is 0.271 e. The maximum Gasteiger partial charge on any atom is 0.271 e. The van der Waals surface area contributed by atoms with Gasteiger partial charge in [0.05, 0.1) is 20.4 Å². The van der Waals surface area contributed by atoms with Crippen LogP contribution in [0.15, 0.2) is 71.8 Å². The molecule has 0 aliphatic rings. The number of nitrogens with one attached hydrogen (secondary N) is 1. The largest absolute Gasteiger partial charge is 0.493 e. The number of halogens is 1. The zero-order valence-electron chi connectivity index (χ0n) is 16.6. The lowest BCUT2D eigenvalue weighted by Gasteiger charge is -2.08. The molecule has 3 aromatic rings.